The molecule has 0 fully saturated rings. The third-order valence-corrected chi connectivity index (χ3v) is 2.96. The van der Waals surface area contributed by atoms with Crippen LogP contribution in [0.3, 0.4) is 0 Å². The summed E-state index contributed by atoms with van der Waals surface area (Å²) in [5, 5.41) is 2.91. The predicted molar refractivity (Wildman–Crippen MR) is 70.1 cm³/mol. The van der Waals surface area contributed by atoms with Gasteiger partial charge in [-0.2, -0.15) is 0 Å². The van der Waals surface area contributed by atoms with E-state index in [-0.39, 0.29) is 5.91 Å². The highest BCUT2D eigenvalue weighted by Gasteiger charge is 2.15. The molecule has 0 heterocycles. The Morgan fingerprint density at radius 2 is 2.00 bits per heavy atom. The Balaban J connectivity index is 2.26. The number of benzene rings is 1. The average molecular weight is 227 g/mol. The molecular formula is C15H17NO. The summed E-state index contributed by atoms with van der Waals surface area (Å²) in [4.78, 5) is 11.1. The highest BCUT2D eigenvalue weighted by Crippen LogP contribution is 2.27. The summed E-state index contributed by atoms with van der Waals surface area (Å²) in [7, 11) is 0. The van der Waals surface area contributed by atoms with Crippen LogP contribution in [0.15, 0.2) is 48.2 Å². The predicted octanol–water partition coefficient (Wildman–Crippen LogP) is 3.13. The summed E-state index contributed by atoms with van der Waals surface area (Å²) in [5.74, 6) is 0.378. The summed E-state index contributed by atoms with van der Waals surface area (Å²) >= 11 is 0. The Morgan fingerprint density at radius 1 is 1.29 bits per heavy atom. The molecule has 0 radical (unpaired) electrons. The van der Waals surface area contributed by atoms with Crippen molar-refractivity contribution >= 4 is 11.5 Å². The molecule has 1 aliphatic carbocycles. The normalized spacial score (nSPS) is 19.3. The largest absolute Gasteiger partial charge is 0.330 e. The molecule has 0 bridgehead atoms. The highest BCUT2D eigenvalue weighted by atomic mass is 16.1. The Labute approximate surface area is 102 Å². The molecule has 0 saturated carbocycles. The number of allylic oxidation sites excluding steroid dienone is 4. The zero-order valence-electron chi connectivity index (χ0n) is 10.2. The van der Waals surface area contributed by atoms with E-state index in [1.807, 2.05) is 18.2 Å². The van der Waals surface area contributed by atoms with Gasteiger partial charge in [-0.3, -0.25) is 4.79 Å². The van der Waals surface area contributed by atoms with Crippen molar-refractivity contribution in [3.05, 3.63) is 53.7 Å². The maximum atomic E-state index is 11.1. The van der Waals surface area contributed by atoms with Crippen LogP contribution in [0.5, 0.6) is 0 Å². The fourth-order valence-corrected chi connectivity index (χ4v) is 1.99. The van der Waals surface area contributed by atoms with Crippen molar-refractivity contribution in [3.63, 3.8) is 0 Å². The molecule has 0 spiro atoms. The fraction of sp³-hybridized carbons (Fsp3) is 0.267. The first-order chi connectivity index (χ1) is 8.16. The van der Waals surface area contributed by atoms with Crippen LogP contribution in [0, 0.1) is 5.92 Å². The lowest BCUT2D eigenvalue weighted by Gasteiger charge is -2.20. The lowest BCUT2D eigenvalue weighted by Crippen LogP contribution is -2.24. The van der Waals surface area contributed by atoms with E-state index < -0.39 is 0 Å². The van der Waals surface area contributed by atoms with Gasteiger partial charge >= 0.3 is 0 Å². The van der Waals surface area contributed by atoms with Crippen molar-refractivity contribution in [1.82, 2.24) is 5.32 Å². The number of hydrogen-bond acceptors (Lipinski definition) is 1. The summed E-state index contributed by atoms with van der Waals surface area (Å²) < 4.78 is 0. The molecular weight excluding hydrogens is 210 g/mol. The van der Waals surface area contributed by atoms with Crippen LogP contribution in [0.4, 0.5) is 0 Å². The van der Waals surface area contributed by atoms with Crippen molar-refractivity contribution in [1.29, 1.82) is 0 Å². The second-order valence-electron chi connectivity index (χ2n) is 4.44. The zero-order chi connectivity index (χ0) is 12.3. The van der Waals surface area contributed by atoms with Gasteiger partial charge in [0.15, 0.2) is 0 Å². The molecule has 17 heavy (non-hydrogen) atoms. The molecule has 2 nitrogen and oxygen atoms in total. The van der Waals surface area contributed by atoms with E-state index in [9.17, 15) is 4.79 Å². The molecule has 1 aromatic carbocycles. The third-order valence-electron chi connectivity index (χ3n) is 2.96. The minimum Gasteiger partial charge on any atom is -0.330 e. The van der Waals surface area contributed by atoms with Gasteiger partial charge in [-0.15, -0.1) is 0 Å². The SMILES string of the molecule is CC(=O)NC1=CC(c2ccccc2)=CCC1C. The smallest absolute Gasteiger partial charge is 0.221 e. The van der Waals surface area contributed by atoms with Crippen molar-refractivity contribution < 1.29 is 4.79 Å². The van der Waals surface area contributed by atoms with E-state index in [0.29, 0.717) is 5.92 Å². The maximum absolute atomic E-state index is 11.1. The molecule has 1 atom stereocenters. The van der Waals surface area contributed by atoms with E-state index >= 15 is 0 Å². The van der Waals surface area contributed by atoms with Gasteiger partial charge in [-0.1, -0.05) is 43.3 Å². The number of hydrogen-bond donors (Lipinski definition) is 1. The average Bonchev–Trinajstić information content (AvgIpc) is 2.32. The molecule has 2 rings (SSSR count). The lowest BCUT2D eigenvalue weighted by atomic mass is 9.91. The van der Waals surface area contributed by atoms with E-state index in [1.165, 1.54) is 11.1 Å². The quantitative estimate of drug-likeness (QED) is 0.826. The first-order valence-electron chi connectivity index (χ1n) is 5.91. The second kappa shape index (κ2) is 5.00. The molecule has 0 aromatic heterocycles. The standard InChI is InChI=1S/C15H17NO/c1-11-8-9-14(10-15(11)16-12(2)17)13-6-4-3-5-7-13/h3-7,9-11H,8H2,1-2H3,(H,16,17). The number of nitrogens with one attached hydrogen (secondary N) is 1. The van der Waals surface area contributed by atoms with Crippen LogP contribution >= 0.6 is 0 Å². The van der Waals surface area contributed by atoms with Crippen LogP contribution in [0.2, 0.25) is 0 Å². The zero-order valence-corrected chi connectivity index (χ0v) is 10.2. The fourth-order valence-electron chi connectivity index (χ4n) is 1.99. The van der Waals surface area contributed by atoms with Gasteiger partial charge in [0, 0.05) is 12.6 Å². The summed E-state index contributed by atoms with van der Waals surface area (Å²) in [6.45, 7) is 3.67. The van der Waals surface area contributed by atoms with Gasteiger partial charge in [-0.05, 0) is 29.6 Å². The van der Waals surface area contributed by atoms with Crippen LogP contribution in [-0.2, 0) is 4.79 Å². The first kappa shape index (κ1) is 11.6. The first-order valence-corrected chi connectivity index (χ1v) is 5.91. The molecule has 88 valence electrons. The summed E-state index contributed by atoms with van der Waals surface area (Å²) in [6.07, 6.45) is 5.27. The van der Waals surface area contributed by atoms with Gasteiger partial charge in [-0.25, -0.2) is 0 Å². The van der Waals surface area contributed by atoms with Gasteiger partial charge in [0.1, 0.15) is 0 Å². The highest BCUT2D eigenvalue weighted by molar-refractivity contribution is 5.79. The molecule has 1 amide bonds. The lowest BCUT2D eigenvalue weighted by molar-refractivity contribution is -0.118. The molecule has 1 N–H and O–H groups in total. The van der Waals surface area contributed by atoms with Crippen molar-refractivity contribution in [2.45, 2.75) is 20.3 Å². The maximum Gasteiger partial charge on any atom is 0.221 e. The number of amides is 1. The molecule has 1 aliphatic rings. The Bertz CT molecular complexity index is 471. The third kappa shape index (κ3) is 2.84. The summed E-state index contributed by atoms with van der Waals surface area (Å²) in [6, 6.07) is 10.2. The molecule has 2 heteroatoms. The van der Waals surface area contributed by atoms with E-state index in [2.05, 4.69) is 36.5 Å². The Kier molecular flexibility index (Phi) is 3.43. The summed E-state index contributed by atoms with van der Waals surface area (Å²) in [5.41, 5.74) is 3.40. The Morgan fingerprint density at radius 3 is 2.65 bits per heavy atom. The van der Waals surface area contributed by atoms with Crippen molar-refractivity contribution in [2.24, 2.45) is 5.92 Å². The molecule has 1 aromatic rings. The minimum absolute atomic E-state index is 0.00240. The number of rotatable bonds is 2. The monoisotopic (exact) mass is 227 g/mol. The van der Waals surface area contributed by atoms with Crippen LogP contribution < -0.4 is 5.32 Å². The number of carbonyl (C=O) groups excluding carboxylic acids is 1. The second-order valence-corrected chi connectivity index (χ2v) is 4.44. The van der Waals surface area contributed by atoms with Crippen LogP contribution in [0.1, 0.15) is 25.8 Å². The minimum atomic E-state index is -0.00240. The van der Waals surface area contributed by atoms with Crippen LogP contribution in [0.25, 0.3) is 5.57 Å². The van der Waals surface area contributed by atoms with Gasteiger partial charge in [0.25, 0.3) is 0 Å². The van der Waals surface area contributed by atoms with E-state index in [1.54, 1.807) is 6.92 Å². The number of carbonyl (C=O) groups is 1. The molecule has 0 aliphatic heterocycles. The van der Waals surface area contributed by atoms with Crippen molar-refractivity contribution in [3.8, 4) is 0 Å². The van der Waals surface area contributed by atoms with Crippen LogP contribution in [-0.4, -0.2) is 5.91 Å². The van der Waals surface area contributed by atoms with Gasteiger partial charge in [0.2, 0.25) is 5.91 Å². The van der Waals surface area contributed by atoms with E-state index in [0.717, 1.165) is 12.1 Å². The molecule has 0 saturated heterocycles. The Hall–Kier alpha value is -1.83. The van der Waals surface area contributed by atoms with E-state index in [4.69, 9.17) is 0 Å². The molecule has 1 unspecified atom stereocenters. The van der Waals surface area contributed by atoms with Gasteiger partial charge in [0.05, 0.1) is 0 Å². The van der Waals surface area contributed by atoms with Gasteiger partial charge < -0.3 is 5.32 Å². The van der Waals surface area contributed by atoms with Crippen molar-refractivity contribution in [2.75, 3.05) is 0 Å². The topological polar surface area (TPSA) is 29.1 Å².